The number of benzene rings is 1. The van der Waals surface area contributed by atoms with E-state index >= 15 is 0 Å². The lowest BCUT2D eigenvalue weighted by Crippen LogP contribution is -2.26. The van der Waals surface area contributed by atoms with Crippen molar-refractivity contribution < 1.29 is 9.50 Å². The van der Waals surface area contributed by atoms with E-state index in [4.69, 9.17) is 0 Å². The van der Waals surface area contributed by atoms with Crippen molar-refractivity contribution in [2.24, 2.45) is 5.41 Å². The molecule has 2 atom stereocenters. The van der Waals surface area contributed by atoms with E-state index < -0.39 is 6.10 Å². The molecular formula is C13H18FNO. The Morgan fingerprint density at radius 1 is 1.56 bits per heavy atom. The van der Waals surface area contributed by atoms with Gasteiger partial charge in [-0.15, -0.1) is 0 Å². The molecule has 0 saturated heterocycles. The van der Waals surface area contributed by atoms with Crippen molar-refractivity contribution >= 4 is 0 Å². The van der Waals surface area contributed by atoms with Gasteiger partial charge >= 0.3 is 0 Å². The Balaban J connectivity index is 1.86. The Morgan fingerprint density at radius 2 is 2.25 bits per heavy atom. The van der Waals surface area contributed by atoms with E-state index in [1.165, 1.54) is 12.1 Å². The van der Waals surface area contributed by atoms with Gasteiger partial charge in [-0.1, -0.05) is 26.0 Å². The SMILES string of the molecule is CC1(C)CC1NCC(O)c1cccc(F)c1. The number of aliphatic hydroxyl groups excluding tert-OH is 1. The molecule has 0 aromatic heterocycles. The van der Waals surface area contributed by atoms with E-state index in [1.807, 2.05) is 0 Å². The predicted molar refractivity (Wildman–Crippen MR) is 61.5 cm³/mol. The average molecular weight is 223 g/mol. The molecule has 0 aliphatic heterocycles. The first kappa shape index (κ1) is 11.6. The number of rotatable bonds is 4. The molecule has 2 rings (SSSR count). The molecule has 3 heteroatoms. The van der Waals surface area contributed by atoms with E-state index in [1.54, 1.807) is 12.1 Å². The Bertz CT molecular complexity index is 378. The number of halogens is 1. The van der Waals surface area contributed by atoms with E-state index in [2.05, 4.69) is 19.2 Å². The lowest BCUT2D eigenvalue weighted by atomic mass is 10.1. The normalized spacial score (nSPS) is 24.1. The van der Waals surface area contributed by atoms with Gasteiger partial charge in [-0.25, -0.2) is 4.39 Å². The first-order chi connectivity index (χ1) is 7.49. The van der Waals surface area contributed by atoms with Crippen molar-refractivity contribution in [1.29, 1.82) is 0 Å². The first-order valence-corrected chi connectivity index (χ1v) is 5.66. The Morgan fingerprint density at radius 3 is 2.81 bits per heavy atom. The molecule has 0 heterocycles. The largest absolute Gasteiger partial charge is 0.387 e. The molecular weight excluding hydrogens is 205 g/mol. The van der Waals surface area contributed by atoms with Gasteiger partial charge in [-0.2, -0.15) is 0 Å². The van der Waals surface area contributed by atoms with Crippen LogP contribution in [0.3, 0.4) is 0 Å². The zero-order valence-electron chi connectivity index (χ0n) is 9.70. The fourth-order valence-electron chi connectivity index (χ4n) is 1.90. The van der Waals surface area contributed by atoms with E-state index in [0.717, 1.165) is 6.42 Å². The summed E-state index contributed by atoms with van der Waals surface area (Å²) in [7, 11) is 0. The fraction of sp³-hybridized carbons (Fsp3) is 0.538. The molecule has 1 aromatic rings. The van der Waals surface area contributed by atoms with Gasteiger partial charge in [-0.05, 0) is 29.5 Å². The molecule has 1 aromatic carbocycles. The molecule has 2 N–H and O–H groups in total. The summed E-state index contributed by atoms with van der Waals surface area (Å²) in [6.07, 6.45) is 0.509. The summed E-state index contributed by atoms with van der Waals surface area (Å²) in [5.41, 5.74) is 0.979. The second kappa shape index (κ2) is 4.15. The third-order valence-corrected chi connectivity index (χ3v) is 3.30. The molecule has 0 spiro atoms. The second-order valence-electron chi connectivity index (χ2n) is 5.22. The van der Waals surface area contributed by atoms with Crippen LogP contribution in [0.25, 0.3) is 0 Å². The number of nitrogens with one attached hydrogen (secondary N) is 1. The number of hydrogen-bond donors (Lipinski definition) is 2. The molecule has 1 aliphatic carbocycles. The Hall–Kier alpha value is -0.930. The van der Waals surface area contributed by atoms with E-state index in [9.17, 15) is 9.50 Å². The van der Waals surface area contributed by atoms with E-state index in [0.29, 0.717) is 23.6 Å². The summed E-state index contributed by atoms with van der Waals surface area (Å²) in [4.78, 5) is 0. The quantitative estimate of drug-likeness (QED) is 0.820. The zero-order chi connectivity index (χ0) is 11.8. The van der Waals surface area contributed by atoms with Crippen LogP contribution >= 0.6 is 0 Å². The summed E-state index contributed by atoms with van der Waals surface area (Å²) >= 11 is 0. The zero-order valence-corrected chi connectivity index (χ0v) is 9.70. The van der Waals surface area contributed by atoms with Crippen molar-refractivity contribution in [2.75, 3.05) is 6.54 Å². The highest BCUT2D eigenvalue weighted by atomic mass is 19.1. The molecule has 0 bridgehead atoms. The summed E-state index contributed by atoms with van der Waals surface area (Å²) in [6.45, 7) is 4.87. The van der Waals surface area contributed by atoms with Gasteiger partial charge < -0.3 is 10.4 Å². The summed E-state index contributed by atoms with van der Waals surface area (Å²) in [5.74, 6) is -0.302. The van der Waals surface area contributed by atoms with Crippen molar-refractivity contribution in [3.63, 3.8) is 0 Å². The van der Waals surface area contributed by atoms with Crippen LogP contribution in [0.1, 0.15) is 31.9 Å². The molecule has 16 heavy (non-hydrogen) atoms. The predicted octanol–water partition coefficient (Wildman–Crippen LogP) is 2.25. The lowest BCUT2D eigenvalue weighted by Gasteiger charge is -2.13. The maximum absolute atomic E-state index is 12.9. The molecule has 1 fully saturated rings. The minimum Gasteiger partial charge on any atom is -0.387 e. The van der Waals surface area contributed by atoms with Crippen LogP contribution in [0.4, 0.5) is 4.39 Å². The van der Waals surface area contributed by atoms with Gasteiger partial charge in [-0.3, -0.25) is 0 Å². The molecule has 1 aliphatic rings. The van der Waals surface area contributed by atoms with Crippen LogP contribution in [0.5, 0.6) is 0 Å². The van der Waals surface area contributed by atoms with Gasteiger partial charge in [0.2, 0.25) is 0 Å². The minimum atomic E-state index is -0.632. The van der Waals surface area contributed by atoms with Crippen LogP contribution < -0.4 is 5.32 Å². The monoisotopic (exact) mass is 223 g/mol. The van der Waals surface area contributed by atoms with Crippen LogP contribution in [0.15, 0.2) is 24.3 Å². The highest BCUT2D eigenvalue weighted by Crippen LogP contribution is 2.44. The summed E-state index contributed by atoms with van der Waals surface area (Å²) in [5, 5.41) is 13.2. The summed E-state index contributed by atoms with van der Waals surface area (Å²) in [6, 6.07) is 6.61. The van der Waals surface area contributed by atoms with Gasteiger partial charge in [0.15, 0.2) is 0 Å². The van der Waals surface area contributed by atoms with Crippen LogP contribution in [0, 0.1) is 11.2 Å². The summed E-state index contributed by atoms with van der Waals surface area (Å²) < 4.78 is 12.9. The Kier molecular flexibility index (Phi) is 3.00. The van der Waals surface area contributed by atoms with Crippen LogP contribution in [0.2, 0.25) is 0 Å². The van der Waals surface area contributed by atoms with Gasteiger partial charge in [0, 0.05) is 12.6 Å². The smallest absolute Gasteiger partial charge is 0.123 e. The minimum absolute atomic E-state index is 0.302. The fourth-order valence-corrected chi connectivity index (χ4v) is 1.90. The maximum atomic E-state index is 12.9. The standard InChI is InChI=1S/C13H18FNO/c1-13(2)7-12(13)15-8-11(16)9-4-3-5-10(14)6-9/h3-6,11-12,15-16H,7-8H2,1-2H3. The van der Waals surface area contributed by atoms with Crippen molar-refractivity contribution in [3.8, 4) is 0 Å². The Labute approximate surface area is 95.5 Å². The lowest BCUT2D eigenvalue weighted by molar-refractivity contribution is 0.172. The van der Waals surface area contributed by atoms with Gasteiger partial charge in [0.05, 0.1) is 6.10 Å². The highest BCUT2D eigenvalue weighted by Gasteiger charge is 2.45. The van der Waals surface area contributed by atoms with Crippen LogP contribution in [-0.2, 0) is 0 Å². The third kappa shape index (κ3) is 2.60. The molecule has 1 saturated carbocycles. The van der Waals surface area contributed by atoms with Crippen molar-refractivity contribution in [3.05, 3.63) is 35.6 Å². The molecule has 88 valence electrons. The number of hydrogen-bond acceptors (Lipinski definition) is 2. The van der Waals surface area contributed by atoms with Gasteiger partial charge in [0.25, 0.3) is 0 Å². The second-order valence-corrected chi connectivity index (χ2v) is 5.22. The van der Waals surface area contributed by atoms with E-state index in [-0.39, 0.29) is 5.82 Å². The molecule has 2 nitrogen and oxygen atoms in total. The number of aliphatic hydroxyl groups is 1. The highest BCUT2D eigenvalue weighted by molar-refractivity contribution is 5.19. The van der Waals surface area contributed by atoms with Crippen LogP contribution in [-0.4, -0.2) is 17.7 Å². The maximum Gasteiger partial charge on any atom is 0.123 e. The molecule has 2 unspecified atom stereocenters. The van der Waals surface area contributed by atoms with Gasteiger partial charge in [0.1, 0.15) is 5.82 Å². The molecule has 0 amide bonds. The van der Waals surface area contributed by atoms with Crippen molar-refractivity contribution in [1.82, 2.24) is 5.32 Å². The molecule has 0 radical (unpaired) electrons. The first-order valence-electron chi connectivity index (χ1n) is 5.66. The third-order valence-electron chi connectivity index (χ3n) is 3.30. The van der Waals surface area contributed by atoms with Crippen molar-refractivity contribution in [2.45, 2.75) is 32.4 Å². The average Bonchev–Trinajstić information content (AvgIpc) is 2.83. The topological polar surface area (TPSA) is 32.3 Å².